The van der Waals surface area contributed by atoms with Crippen LogP contribution >= 0.6 is 0 Å². The Hall–Kier alpha value is -2.33. The van der Waals surface area contributed by atoms with Crippen molar-refractivity contribution in [1.29, 1.82) is 0 Å². The topological polar surface area (TPSA) is 58.6 Å². The van der Waals surface area contributed by atoms with Gasteiger partial charge in [0.05, 0.1) is 5.60 Å². The van der Waals surface area contributed by atoms with Crippen molar-refractivity contribution >= 4 is 11.6 Å². The van der Waals surface area contributed by atoms with Crippen LogP contribution in [0.2, 0.25) is 0 Å². The van der Waals surface area contributed by atoms with Gasteiger partial charge in [0.15, 0.2) is 0 Å². The van der Waals surface area contributed by atoms with Gasteiger partial charge in [-0.05, 0) is 49.2 Å². The highest BCUT2D eigenvalue weighted by Crippen LogP contribution is 2.23. The zero-order chi connectivity index (χ0) is 16.2. The van der Waals surface area contributed by atoms with Crippen LogP contribution in [0.25, 0.3) is 0 Å². The van der Waals surface area contributed by atoms with Crippen molar-refractivity contribution in [3.8, 4) is 5.75 Å². The number of rotatable bonds is 5. The lowest BCUT2D eigenvalue weighted by atomic mass is 9.99. The van der Waals surface area contributed by atoms with Crippen LogP contribution in [0.5, 0.6) is 5.75 Å². The lowest BCUT2D eigenvalue weighted by Crippen LogP contribution is -2.14. The Labute approximate surface area is 130 Å². The molecular formula is C18H21NO3. The number of ether oxygens (including phenoxy) is 1. The number of amides is 1. The lowest BCUT2D eigenvalue weighted by molar-refractivity contribution is -0.114. The number of anilines is 1. The summed E-state index contributed by atoms with van der Waals surface area (Å²) in [7, 11) is 0. The molecule has 0 aliphatic rings. The molecule has 2 rings (SSSR count). The fraction of sp³-hybridized carbons (Fsp3) is 0.278. The van der Waals surface area contributed by atoms with E-state index in [1.54, 1.807) is 13.8 Å². The molecule has 0 bridgehead atoms. The van der Waals surface area contributed by atoms with Gasteiger partial charge in [-0.25, -0.2) is 0 Å². The van der Waals surface area contributed by atoms with E-state index in [2.05, 4.69) is 5.32 Å². The van der Waals surface area contributed by atoms with E-state index in [0.29, 0.717) is 6.61 Å². The van der Waals surface area contributed by atoms with Crippen LogP contribution in [0.15, 0.2) is 48.5 Å². The molecule has 0 atom stereocenters. The Morgan fingerprint density at radius 2 is 1.86 bits per heavy atom. The quantitative estimate of drug-likeness (QED) is 0.889. The summed E-state index contributed by atoms with van der Waals surface area (Å²) in [4.78, 5) is 11.1. The molecule has 116 valence electrons. The Bertz CT molecular complexity index is 642. The van der Waals surface area contributed by atoms with Gasteiger partial charge in [-0.3, -0.25) is 4.79 Å². The van der Waals surface area contributed by atoms with Gasteiger partial charge in [-0.1, -0.05) is 24.3 Å². The number of hydrogen-bond acceptors (Lipinski definition) is 3. The summed E-state index contributed by atoms with van der Waals surface area (Å²) in [6.45, 7) is 5.38. The van der Waals surface area contributed by atoms with E-state index in [0.717, 1.165) is 22.6 Å². The van der Waals surface area contributed by atoms with Crippen molar-refractivity contribution in [3.63, 3.8) is 0 Å². The summed E-state index contributed by atoms with van der Waals surface area (Å²) in [6, 6.07) is 14.9. The smallest absolute Gasteiger partial charge is 0.221 e. The van der Waals surface area contributed by atoms with Crippen molar-refractivity contribution in [2.75, 3.05) is 5.32 Å². The molecule has 0 fully saturated rings. The van der Waals surface area contributed by atoms with E-state index >= 15 is 0 Å². The lowest BCUT2D eigenvalue weighted by Gasteiger charge is -2.18. The number of hydrogen-bond donors (Lipinski definition) is 2. The van der Waals surface area contributed by atoms with Gasteiger partial charge >= 0.3 is 0 Å². The number of benzene rings is 2. The fourth-order valence-electron chi connectivity index (χ4n) is 2.07. The molecule has 22 heavy (non-hydrogen) atoms. The molecule has 0 spiro atoms. The van der Waals surface area contributed by atoms with Crippen molar-refractivity contribution in [1.82, 2.24) is 0 Å². The average Bonchev–Trinajstić information content (AvgIpc) is 2.44. The minimum absolute atomic E-state index is 0.0970. The van der Waals surface area contributed by atoms with Crippen LogP contribution < -0.4 is 10.1 Å². The Morgan fingerprint density at radius 1 is 1.18 bits per heavy atom. The van der Waals surface area contributed by atoms with Gasteiger partial charge in [0, 0.05) is 12.6 Å². The van der Waals surface area contributed by atoms with Crippen LogP contribution in [0.3, 0.4) is 0 Å². The van der Waals surface area contributed by atoms with Crippen LogP contribution in [-0.4, -0.2) is 11.0 Å². The summed E-state index contributed by atoms with van der Waals surface area (Å²) in [5, 5.41) is 12.7. The minimum Gasteiger partial charge on any atom is -0.489 e. The standard InChI is InChI=1S/C18H21NO3/c1-13(20)19-16-6-4-5-14(11-16)12-22-17-9-7-15(8-10-17)18(2,3)21/h4-11,21H,12H2,1-3H3,(H,19,20). The molecule has 2 aromatic carbocycles. The van der Waals surface area contributed by atoms with Crippen LogP contribution in [0, 0.1) is 0 Å². The van der Waals surface area contributed by atoms with Crippen LogP contribution in [-0.2, 0) is 17.0 Å². The molecule has 2 N–H and O–H groups in total. The maximum Gasteiger partial charge on any atom is 0.221 e. The first kappa shape index (κ1) is 16.0. The van der Waals surface area contributed by atoms with Crippen LogP contribution in [0.4, 0.5) is 5.69 Å². The highest BCUT2D eigenvalue weighted by Gasteiger charge is 2.15. The minimum atomic E-state index is -0.856. The monoisotopic (exact) mass is 299 g/mol. The number of carbonyl (C=O) groups excluding carboxylic acids is 1. The maximum atomic E-state index is 11.1. The van der Waals surface area contributed by atoms with E-state index in [9.17, 15) is 9.90 Å². The van der Waals surface area contributed by atoms with Crippen molar-refractivity contribution in [3.05, 3.63) is 59.7 Å². The Kier molecular flexibility index (Phi) is 4.83. The van der Waals surface area contributed by atoms with Gasteiger partial charge in [-0.2, -0.15) is 0 Å². The average molecular weight is 299 g/mol. The van der Waals surface area contributed by atoms with E-state index < -0.39 is 5.60 Å². The number of aliphatic hydroxyl groups is 1. The summed E-state index contributed by atoms with van der Waals surface area (Å²) in [5.41, 5.74) is 1.71. The summed E-state index contributed by atoms with van der Waals surface area (Å²) >= 11 is 0. The van der Waals surface area contributed by atoms with Crippen molar-refractivity contribution in [2.24, 2.45) is 0 Å². The van der Waals surface area contributed by atoms with Gasteiger partial charge in [0.25, 0.3) is 0 Å². The SMILES string of the molecule is CC(=O)Nc1cccc(COc2ccc(C(C)(C)O)cc2)c1. The highest BCUT2D eigenvalue weighted by atomic mass is 16.5. The van der Waals surface area contributed by atoms with Crippen molar-refractivity contribution in [2.45, 2.75) is 33.0 Å². The molecule has 2 aromatic rings. The third-order valence-corrected chi connectivity index (χ3v) is 3.21. The third-order valence-electron chi connectivity index (χ3n) is 3.21. The molecular weight excluding hydrogens is 278 g/mol. The van der Waals surface area contributed by atoms with E-state index in [-0.39, 0.29) is 5.91 Å². The third kappa shape index (κ3) is 4.60. The summed E-state index contributed by atoms with van der Waals surface area (Å²) in [6.07, 6.45) is 0. The summed E-state index contributed by atoms with van der Waals surface area (Å²) in [5.74, 6) is 0.637. The first-order chi connectivity index (χ1) is 10.3. The first-order valence-electron chi connectivity index (χ1n) is 7.17. The fourth-order valence-corrected chi connectivity index (χ4v) is 2.07. The normalized spacial score (nSPS) is 11.1. The summed E-state index contributed by atoms with van der Waals surface area (Å²) < 4.78 is 5.73. The van der Waals surface area contributed by atoms with E-state index in [1.807, 2.05) is 48.5 Å². The molecule has 0 aromatic heterocycles. The van der Waals surface area contributed by atoms with Gasteiger partial charge in [-0.15, -0.1) is 0 Å². The zero-order valence-electron chi connectivity index (χ0n) is 13.1. The highest BCUT2D eigenvalue weighted by molar-refractivity contribution is 5.88. The predicted octanol–water partition coefficient (Wildman–Crippen LogP) is 3.45. The molecule has 0 radical (unpaired) electrons. The second-order valence-corrected chi connectivity index (χ2v) is 5.75. The molecule has 0 aliphatic carbocycles. The largest absolute Gasteiger partial charge is 0.489 e. The Morgan fingerprint density at radius 3 is 2.45 bits per heavy atom. The molecule has 1 amide bonds. The first-order valence-corrected chi connectivity index (χ1v) is 7.17. The van der Waals surface area contributed by atoms with Gasteiger partial charge < -0.3 is 15.2 Å². The Balaban J connectivity index is 1.99. The molecule has 0 aliphatic heterocycles. The van der Waals surface area contributed by atoms with Gasteiger partial charge in [0.1, 0.15) is 12.4 Å². The number of carbonyl (C=O) groups is 1. The second-order valence-electron chi connectivity index (χ2n) is 5.75. The maximum absolute atomic E-state index is 11.1. The molecule has 0 unspecified atom stereocenters. The predicted molar refractivity (Wildman–Crippen MR) is 86.8 cm³/mol. The molecule has 4 nitrogen and oxygen atoms in total. The van der Waals surface area contributed by atoms with Crippen LogP contribution in [0.1, 0.15) is 31.9 Å². The second kappa shape index (κ2) is 6.62. The van der Waals surface area contributed by atoms with E-state index in [1.165, 1.54) is 6.92 Å². The molecule has 0 saturated heterocycles. The zero-order valence-corrected chi connectivity index (χ0v) is 13.1. The molecule has 4 heteroatoms. The number of nitrogens with one attached hydrogen (secondary N) is 1. The van der Waals surface area contributed by atoms with Gasteiger partial charge in [0.2, 0.25) is 5.91 Å². The van der Waals surface area contributed by atoms with Crippen molar-refractivity contribution < 1.29 is 14.6 Å². The van der Waals surface area contributed by atoms with E-state index in [4.69, 9.17) is 4.74 Å². The molecule has 0 saturated carbocycles. The molecule has 0 heterocycles.